The number of pyridine rings is 1. The van der Waals surface area contributed by atoms with Gasteiger partial charge in [0.1, 0.15) is 11.6 Å². The summed E-state index contributed by atoms with van der Waals surface area (Å²) in [5.74, 6) is 0.548. The lowest BCUT2D eigenvalue weighted by atomic mass is 9.96. The number of hydrogen-bond donors (Lipinski definition) is 1. The quantitative estimate of drug-likeness (QED) is 0.303. The molecule has 4 aromatic rings. The van der Waals surface area contributed by atoms with Gasteiger partial charge in [0, 0.05) is 23.3 Å². The van der Waals surface area contributed by atoms with E-state index in [0.717, 1.165) is 34.1 Å². The first-order valence-corrected chi connectivity index (χ1v) is 12.5. The van der Waals surface area contributed by atoms with E-state index in [2.05, 4.69) is 21.3 Å². The number of rotatable bonds is 6. The molecule has 36 heavy (non-hydrogen) atoms. The predicted octanol–water partition coefficient (Wildman–Crippen LogP) is 6.59. The summed E-state index contributed by atoms with van der Waals surface area (Å²) in [6, 6.07) is 22.5. The van der Waals surface area contributed by atoms with Crippen molar-refractivity contribution in [3.05, 3.63) is 107 Å². The van der Waals surface area contributed by atoms with Crippen LogP contribution in [0, 0.1) is 19.7 Å². The van der Waals surface area contributed by atoms with Gasteiger partial charge in [-0.05, 0) is 100 Å². The summed E-state index contributed by atoms with van der Waals surface area (Å²) in [6.07, 6.45) is 1.89. The zero-order valence-corrected chi connectivity index (χ0v) is 21.6. The standard InChI is InChI=1S/C29H29FN4OS/c1-18(2)35-22-14-12-21(13-15-22)34-28(27(32-29(34)36)25-10-7-8-16-31-25)23-17-19(3)33(20(23)4)26-11-6-5-9-24(26)30/h5-18,27-28H,1-4H3,(H,32,36)/t27-,28+/m1/s1. The van der Waals surface area contributed by atoms with Gasteiger partial charge >= 0.3 is 0 Å². The second-order valence-corrected chi connectivity index (χ2v) is 9.66. The lowest BCUT2D eigenvalue weighted by molar-refractivity contribution is 0.242. The maximum Gasteiger partial charge on any atom is 0.174 e. The Labute approximate surface area is 216 Å². The molecule has 3 heterocycles. The molecule has 184 valence electrons. The van der Waals surface area contributed by atoms with E-state index in [9.17, 15) is 4.39 Å². The van der Waals surface area contributed by atoms with Crippen LogP contribution >= 0.6 is 12.2 Å². The number of anilines is 1. The molecule has 0 unspecified atom stereocenters. The smallest absolute Gasteiger partial charge is 0.174 e. The Bertz CT molecular complexity index is 1380. The topological polar surface area (TPSA) is 42.3 Å². The summed E-state index contributed by atoms with van der Waals surface area (Å²) >= 11 is 5.87. The van der Waals surface area contributed by atoms with Crippen molar-refractivity contribution in [1.82, 2.24) is 14.9 Å². The van der Waals surface area contributed by atoms with Crippen LogP contribution in [0.15, 0.2) is 79.0 Å². The highest BCUT2D eigenvalue weighted by atomic mass is 32.1. The van der Waals surface area contributed by atoms with Crippen molar-refractivity contribution in [2.75, 3.05) is 4.90 Å². The van der Waals surface area contributed by atoms with Crippen LogP contribution in [0.25, 0.3) is 5.69 Å². The molecule has 2 aromatic carbocycles. The predicted molar refractivity (Wildman–Crippen MR) is 145 cm³/mol. The lowest BCUT2D eigenvalue weighted by Crippen LogP contribution is -2.29. The summed E-state index contributed by atoms with van der Waals surface area (Å²) < 4.78 is 22.6. The molecular formula is C29H29FN4OS. The highest BCUT2D eigenvalue weighted by molar-refractivity contribution is 7.80. The number of halogens is 1. The summed E-state index contributed by atoms with van der Waals surface area (Å²) in [5.41, 5.74) is 5.33. The molecule has 0 radical (unpaired) electrons. The number of para-hydroxylation sites is 1. The van der Waals surface area contributed by atoms with Crippen molar-refractivity contribution in [3.8, 4) is 11.4 Å². The van der Waals surface area contributed by atoms with E-state index in [-0.39, 0.29) is 24.0 Å². The number of benzene rings is 2. The minimum Gasteiger partial charge on any atom is -0.491 e. The van der Waals surface area contributed by atoms with Crippen LogP contribution in [0.3, 0.4) is 0 Å². The number of nitrogens with zero attached hydrogens (tertiary/aromatic N) is 3. The van der Waals surface area contributed by atoms with Crippen LogP contribution in [-0.2, 0) is 0 Å². The highest BCUT2D eigenvalue weighted by Gasteiger charge is 2.42. The van der Waals surface area contributed by atoms with E-state index in [0.29, 0.717) is 10.8 Å². The zero-order valence-electron chi connectivity index (χ0n) is 20.8. The fraction of sp³-hybridized carbons (Fsp3) is 0.241. The maximum atomic E-state index is 14.8. The minimum atomic E-state index is -0.259. The molecule has 1 saturated heterocycles. The fourth-order valence-corrected chi connectivity index (χ4v) is 5.34. The number of hydrogen-bond acceptors (Lipinski definition) is 3. The van der Waals surface area contributed by atoms with Crippen LogP contribution < -0.4 is 15.0 Å². The second-order valence-electron chi connectivity index (χ2n) is 9.27. The third kappa shape index (κ3) is 4.35. The molecule has 0 spiro atoms. The van der Waals surface area contributed by atoms with Crippen molar-refractivity contribution in [1.29, 1.82) is 0 Å². The van der Waals surface area contributed by atoms with Gasteiger partial charge < -0.3 is 19.5 Å². The molecule has 0 bridgehead atoms. The molecule has 0 aliphatic carbocycles. The van der Waals surface area contributed by atoms with E-state index in [1.807, 2.05) is 80.8 Å². The summed E-state index contributed by atoms with van der Waals surface area (Å²) in [5, 5.41) is 4.12. The summed E-state index contributed by atoms with van der Waals surface area (Å²) in [7, 11) is 0. The first kappa shape index (κ1) is 24.0. The maximum absolute atomic E-state index is 14.8. The number of ether oxygens (including phenoxy) is 1. The molecule has 5 rings (SSSR count). The Morgan fingerprint density at radius 2 is 1.72 bits per heavy atom. The van der Waals surface area contributed by atoms with E-state index in [1.54, 1.807) is 18.3 Å². The van der Waals surface area contributed by atoms with Gasteiger partial charge in [0.05, 0.1) is 29.6 Å². The van der Waals surface area contributed by atoms with Crippen LogP contribution in [0.1, 0.15) is 48.6 Å². The Morgan fingerprint density at radius 1 is 1.00 bits per heavy atom. The molecule has 0 amide bonds. The summed E-state index contributed by atoms with van der Waals surface area (Å²) in [6.45, 7) is 8.05. The van der Waals surface area contributed by atoms with Gasteiger partial charge in [0.25, 0.3) is 0 Å². The molecule has 2 atom stereocenters. The molecule has 5 nitrogen and oxygen atoms in total. The van der Waals surface area contributed by atoms with Crippen LogP contribution in [-0.4, -0.2) is 20.8 Å². The molecule has 1 fully saturated rings. The number of aromatic nitrogens is 2. The first-order chi connectivity index (χ1) is 17.3. The highest BCUT2D eigenvalue weighted by Crippen LogP contribution is 2.44. The van der Waals surface area contributed by atoms with Crippen LogP contribution in [0.5, 0.6) is 5.75 Å². The first-order valence-electron chi connectivity index (χ1n) is 12.1. The van der Waals surface area contributed by atoms with E-state index < -0.39 is 0 Å². The Balaban J connectivity index is 1.64. The molecule has 0 saturated carbocycles. The van der Waals surface area contributed by atoms with Crippen molar-refractivity contribution >= 4 is 23.0 Å². The van der Waals surface area contributed by atoms with Crippen molar-refractivity contribution in [3.63, 3.8) is 0 Å². The van der Waals surface area contributed by atoms with Gasteiger partial charge in [-0.25, -0.2) is 4.39 Å². The van der Waals surface area contributed by atoms with Crippen molar-refractivity contribution < 1.29 is 9.13 Å². The van der Waals surface area contributed by atoms with Crippen molar-refractivity contribution in [2.45, 2.75) is 45.9 Å². The molecule has 1 aliphatic rings. The fourth-order valence-electron chi connectivity index (χ4n) is 5.00. The lowest BCUT2D eigenvalue weighted by Gasteiger charge is -2.28. The third-order valence-electron chi connectivity index (χ3n) is 6.47. The van der Waals surface area contributed by atoms with Crippen LogP contribution in [0.4, 0.5) is 10.1 Å². The van der Waals surface area contributed by atoms with Crippen LogP contribution in [0.2, 0.25) is 0 Å². The van der Waals surface area contributed by atoms with Gasteiger partial charge in [0.2, 0.25) is 0 Å². The van der Waals surface area contributed by atoms with Gasteiger partial charge in [-0.1, -0.05) is 18.2 Å². The molecule has 1 aliphatic heterocycles. The zero-order chi connectivity index (χ0) is 25.4. The number of nitrogens with one attached hydrogen (secondary N) is 1. The number of thiocarbonyl (C=S) groups is 1. The Kier molecular flexibility index (Phi) is 6.49. The van der Waals surface area contributed by atoms with Gasteiger partial charge in [-0.3, -0.25) is 4.98 Å². The van der Waals surface area contributed by atoms with Gasteiger partial charge in [-0.2, -0.15) is 0 Å². The number of aryl methyl sites for hydroxylation is 1. The molecule has 1 N–H and O–H groups in total. The average molecular weight is 501 g/mol. The van der Waals surface area contributed by atoms with E-state index in [1.165, 1.54) is 6.07 Å². The monoisotopic (exact) mass is 500 g/mol. The molecule has 7 heteroatoms. The molecular weight excluding hydrogens is 471 g/mol. The van der Waals surface area contributed by atoms with Gasteiger partial charge in [0.15, 0.2) is 5.11 Å². The van der Waals surface area contributed by atoms with E-state index >= 15 is 0 Å². The largest absolute Gasteiger partial charge is 0.491 e. The third-order valence-corrected chi connectivity index (χ3v) is 6.78. The minimum absolute atomic E-state index is 0.0930. The molecule has 2 aromatic heterocycles. The van der Waals surface area contributed by atoms with E-state index in [4.69, 9.17) is 17.0 Å². The Morgan fingerprint density at radius 3 is 2.39 bits per heavy atom. The summed E-state index contributed by atoms with van der Waals surface area (Å²) in [4.78, 5) is 6.77. The van der Waals surface area contributed by atoms with Gasteiger partial charge in [-0.15, -0.1) is 0 Å². The Hall–Kier alpha value is -3.71. The normalized spacial score (nSPS) is 17.5. The second kappa shape index (κ2) is 9.74. The average Bonchev–Trinajstić information content (AvgIpc) is 3.35. The SMILES string of the molecule is Cc1cc([C@H]2[C@@H](c3ccccn3)NC(=S)N2c2ccc(OC(C)C)cc2)c(C)n1-c1ccccc1F. The van der Waals surface area contributed by atoms with Crippen molar-refractivity contribution in [2.24, 2.45) is 0 Å².